The average Bonchev–Trinajstić information content (AvgIpc) is 2.42. The molecule has 2 rings (SSSR count). The number of nitrogens with one attached hydrogen (secondary N) is 1. The van der Waals surface area contributed by atoms with Crippen LogP contribution in [0.4, 0.5) is 4.39 Å². The molecule has 0 aliphatic heterocycles. The van der Waals surface area contributed by atoms with Gasteiger partial charge in [-0.15, -0.1) is 0 Å². The fourth-order valence-electron chi connectivity index (χ4n) is 2.49. The second-order valence-corrected chi connectivity index (χ2v) is 6.16. The zero-order valence-electron chi connectivity index (χ0n) is 12.7. The molecule has 0 saturated carbocycles. The van der Waals surface area contributed by atoms with E-state index in [2.05, 4.69) is 26.1 Å². The zero-order chi connectivity index (χ0) is 15.4. The summed E-state index contributed by atoms with van der Waals surface area (Å²) in [6.07, 6.45) is 0. The Morgan fingerprint density at radius 3 is 2.33 bits per heavy atom. The lowest BCUT2D eigenvalue weighted by Crippen LogP contribution is -2.25. The highest BCUT2D eigenvalue weighted by molar-refractivity contribution is 6.30. The van der Waals surface area contributed by atoms with Gasteiger partial charge in [0.2, 0.25) is 0 Å². The van der Waals surface area contributed by atoms with Crippen molar-refractivity contribution in [3.63, 3.8) is 0 Å². The number of rotatable bonds is 5. The number of halogens is 2. The van der Waals surface area contributed by atoms with Crippen LogP contribution in [0.2, 0.25) is 5.02 Å². The highest BCUT2D eigenvalue weighted by Crippen LogP contribution is 2.23. The third-order valence-electron chi connectivity index (χ3n) is 3.71. The van der Waals surface area contributed by atoms with Crippen molar-refractivity contribution in [2.24, 2.45) is 5.92 Å². The molecule has 0 aromatic heterocycles. The molecule has 3 heteroatoms. The molecular weight excluding hydrogens is 285 g/mol. The molecule has 2 aromatic rings. The van der Waals surface area contributed by atoms with Crippen LogP contribution in [0.15, 0.2) is 42.5 Å². The normalized spacial score (nSPS) is 12.7. The summed E-state index contributed by atoms with van der Waals surface area (Å²) < 4.78 is 13.1. The summed E-state index contributed by atoms with van der Waals surface area (Å²) in [6, 6.07) is 12.9. The highest BCUT2D eigenvalue weighted by atomic mass is 35.5. The van der Waals surface area contributed by atoms with Crippen LogP contribution in [0.5, 0.6) is 0 Å². The maximum atomic E-state index is 13.1. The van der Waals surface area contributed by atoms with Crippen LogP contribution in [0, 0.1) is 18.7 Å². The molecule has 0 aliphatic carbocycles. The van der Waals surface area contributed by atoms with Gasteiger partial charge in [-0.05, 0) is 53.8 Å². The van der Waals surface area contributed by atoms with Gasteiger partial charge in [-0.25, -0.2) is 4.39 Å². The Morgan fingerprint density at radius 1 is 1.10 bits per heavy atom. The molecule has 1 atom stereocenters. The Labute approximate surface area is 131 Å². The lowest BCUT2D eigenvalue weighted by atomic mass is 9.95. The van der Waals surface area contributed by atoms with Crippen molar-refractivity contribution in [1.82, 2.24) is 5.32 Å². The minimum absolute atomic E-state index is 0.195. The van der Waals surface area contributed by atoms with E-state index in [-0.39, 0.29) is 11.9 Å². The predicted octanol–water partition coefficient (Wildman–Crippen LogP) is 5.27. The van der Waals surface area contributed by atoms with Crippen LogP contribution in [0.1, 0.15) is 36.6 Å². The van der Waals surface area contributed by atoms with E-state index < -0.39 is 0 Å². The Morgan fingerprint density at radius 2 is 1.76 bits per heavy atom. The molecular formula is C18H21ClFN. The van der Waals surface area contributed by atoms with E-state index in [1.165, 1.54) is 23.3 Å². The summed E-state index contributed by atoms with van der Waals surface area (Å²) in [5.41, 5.74) is 3.52. The molecule has 1 unspecified atom stereocenters. The van der Waals surface area contributed by atoms with Crippen molar-refractivity contribution in [3.05, 3.63) is 70.0 Å². The summed E-state index contributed by atoms with van der Waals surface area (Å²) in [5, 5.41) is 4.33. The smallest absolute Gasteiger partial charge is 0.123 e. The third-order valence-corrected chi connectivity index (χ3v) is 3.95. The van der Waals surface area contributed by atoms with Gasteiger partial charge in [-0.1, -0.05) is 43.6 Å². The SMILES string of the molecule is Cc1cc(Cl)ccc1CNC(c1ccc(F)cc1)C(C)C. The van der Waals surface area contributed by atoms with Crippen molar-refractivity contribution < 1.29 is 4.39 Å². The van der Waals surface area contributed by atoms with E-state index in [0.717, 1.165) is 17.1 Å². The monoisotopic (exact) mass is 305 g/mol. The minimum atomic E-state index is -0.199. The lowest BCUT2D eigenvalue weighted by molar-refractivity contribution is 0.410. The van der Waals surface area contributed by atoms with Gasteiger partial charge in [0.15, 0.2) is 0 Å². The van der Waals surface area contributed by atoms with Gasteiger partial charge in [-0.2, -0.15) is 0 Å². The molecule has 0 spiro atoms. The topological polar surface area (TPSA) is 12.0 Å². The first-order valence-corrected chi connectivity index (χ1v) is 7.59. The molecule has 0 radical (unpaired) electrons. The molecule has 0 bridgehead atoms. The predicted molar refractivity (Wildman–Crippen MR) is 87.0 cm³/mol. The van der Waals surface area contributed by atoms with Gasteiger partial charge in [0.05, 0.1) is 0 Å². The van der Waals surface area contributed by atoms with Crippen molar-refractivity contribution >= 4 is 11.6 Å². The first-order valence-electron chi connectivity index (χ1n) is 7.21. The maximum Gasteiger partial charge on any atom is 0.123 e. The van der Waals surface area contributed by atoms with Gasteiger partial charge < -0.3 is 5.32 Å². The van der Waals surface area contributed by atoms with Gasteiger partial charge >= 0.3 is 0 Å². The van der Waals surface area contributed by atoms with Crippen LogP contribution in [0.3, 0.4) is 0 Å². The first kappa shape index (κ1) is 16.0. The number of hydrogen-bond donors (Lipinski definition) is 1. The largest absolute Gasteiger partial charge is 0.306 e. The van der Waals surface area contributed by atoms with Crippen LogP contribution < -0.4 is 5.32 Å². The fourth-order valence-corrected chi connectivity index (χ4v) is 2.71. The molecule has 112 valence electrons. The van der Waals surface area contributed by atoms with Crippen LogP contribution in [0.25, 0.3) is 0 Å². The fraction of sp³-hybridized carbons (Fsp3) is 0.333. The van der Waals surface area contributed by atoms with Crippen molar-refractivity contribution in [2.45, 2.75) is 33.4 Å². The number of hydrogen-bond acceptors (Lipinski definition) is 1. The van der Waals surface area contributed by atoms with Crippen LogP contribution in [-0.4, -0.2) is 0 Å². The van der Waals surface area contributed by atoms with E-state index in [1.807, 2.05) is 30.3 Å². The summed E-state index contributed by atoms with van der Waals surface area (Å²) in [6.45, 7) is 7.15. The Kier molecular flexibility index (Phi) is 5.38. The molecule has 0 aliphatic rings. The van der Waals surface area contributed by atoms with E-state index in [1.54, 1.807) is 0 Å². The Hall–Kier alpha value is -1.38. The summed E-state index contributed by atoms with van der Waals surface area (Å²) in [7, 11) is 0. The molecule has 0 amide bonds. The van der Waals surface area contributed by atoms with Gasteiger partial charge in [0.1, 0.15) is 5.82 Å². The second kappa shape index (κ2) is 7.06. The van der Waals surface area contributed by atoms with E-state index in [0.29, 0.717) is 5.92 Å². The molecule has 21 heavy (non-hydrogen) atoms. The zero-order valence-corrected chi connectivity index (χ0v) is 13.4. The summed E-state index contributed by atoms with van der Waals surface area (Å²) in [5.74, 6) is 0.220. The van der Waals surface area contributed by atoms with Crippen LogP contribution >= 0.6 is 11.6 Å². The van der Waals surface area contributed by atoms with Gasteiger partial charge in [-0.3, -0.25) is 0 Å². The third kappa shape index (κ3) is 4.29. The standard InChI is InChI=1S/C18H21ClFN/c1-12(2)18(14-5-8-17(20)9-6-14)21-11-15-4-7-16(19)10-13(15)3/h4-10,12,18,21H,11H2,1-3H3. The van der Waals surface area contributed by atoms with Crippen molar-refractivity contribution in [1.29, 1.82) is 0 Å². The minimum Gasteiger partial charge on any atom is -0.306 e. The first-order chi connectivity index (χ1) is 9.97. The highest BCUT2D eigenvalue weighted by Gasteiger charge is 2.15. The quantitative estimate of drug-likeness (QED) is 0.793. The van der Waals surface area contributed by atoms with Gasteiger partial charge in [0, 0.05) is 17.6 Å². The molecule has 1 nitrogen and oxygen atoms in total. The lowest BCUT2D eigenvalue weighted by Gasteiger charge is -2.23. The van der Waals surface area contributed by atoms with E-state index in [4.69, 9.17) is 11.6 Å². The Balaban J connectivity index is 2.12. The summed E-state index contributed by atoms with van der Waals surface area (Å²) in [4.78, 5) is 0. The average molecular weight is 306 g/mol. The van der Waals surface area contributed by atoms with E-state index in [9.17, 15) is 4.39 Å². The van der Waals surface area contributed by atoms with Gasteiger partial charge in [0.25, 0.3) is 0 Å². The molecule has 0 heterocycles. The van der Waals surface area contributed by atoms with Crippen molar-refractivity contribution in [3.8, 4) is 0 Å². The maximum absolute atomic E-state index is 13.1. The van der Waals surface area contributed by atoms with Crippen molar-refractivity contribution in [2.75, 3.05) is 0 Å². The molecule has 1 N–H and O–H groups in total. The van der Waals surface area contributed by atoms with Crippen LogP contribution in [-0.2, 0) is 6.54 Å². The molecule has 0 fully saturated rings. The number of aryl methyl sites for hydroxylation is 1. The second-order valence-electron chi connectivity index (χ2n) is 5.72. The summed E-state index contributed by atoms with van der Waals surface area (Å²) >= 11 is 5.98. The molecule has 0 saturated heterocycles. The Bertz CT molecular complexity index is 593. The number of benzene rings is 2. The molecule has 2 aromatic carbocycles. The van der Waals surface area contributed by atoms with E-state index >= 15 is 0 Å².